The van der Waals surface area contributed by atoms with Crippen molar-refractivity contribution in [1.29, 1.82) is 0 Å². The summed E-state index contributed by atoms with van der Waals surface area (Å²) in [6.07, 6.45) is 5.40. The molecule has 80 valence electrons. The molecule has 0 radical (unpaired) electrons. The Bertz CT molecular complexity index is 231. The van der Waals surface area contributed by atoms with Crippen molar-refractivity contribution in [2.75, 3.05) is 6.54 Å². The van der Waals surface area contributed by atoms with Crippen molar-refractivity contribution >= 4 is 0 Å². The van der Waals surface area contributed by atoms with E-state index in [1.165, 1.54) is 6.20 Å². The van der Waals surface area contributed by atoms with Gasteiger partial charge in [-0.05, 0) is 42.1 Å². The van der Waals surface area contributed by atoms with Gasteiger partial charge in [0.05, 0.1) is 6.20 Å². The summed E-state index contributed by atoms with van der Waals surface area (Å²) in [4.78, 5) is 10.2. The van der Waals surface area contributed by atoms with Crippen LogP contribution in [0.5, 0.6) is 0 Å². The Balaban J connectivity index is 4.57. The van der Waals surface area contributed by atoms with Gasteiger partial charge in [0.2, 0.25) is 0 Å². The number of hydrogen-bond acceptors (Lipinski definition) is 3. The van der Waals surface area contributed by atoms with E-state index in [-0.39, 0.29) is 0 Å². The molecule has 3 heteroatoms. The van der Waals surface area contributed by atoms with Gasteiger partial charge in [-0.15, -0.1) is 4.91 Å². The Morgan fingerprint density at radius 2 is 2.21 bits per heavy atom. The van der Waals surface area contributed by atoms with Crippen LogP contribution in [0.2, 0.25) is 0 Å². The molecule has 0 aromatic carbocycles. The first kappa shape index (κ1) is 13.0. The van der Waals surface area contributed by atoms with E-state index in [0.29, 0.717) is 12.5 Å². The molecule has 1 unspecified atom stereocenters. The van der Waals surface area contributed by atoms with Gasteiger partial charge in [0.15, 0.2) is 0 Å². The second kappa shape index (κ2) is 7.44. The maximum Gasteiger partial charge on any atom is 0.0749 e. The molecule has 0 fully saturated rings. The number of nitrogens with two attached hydrogens (primary N) is 1. The van der Waals surface area contributed by atoms with Crippen LogP contribution in [0.1, 0.15) is 33.6 Å². The second-order valence-corrected chi connectivity index (χ2v) is 3.57. The molecule has 0 amide bonds. The molecular formula is C11H20N2O. The summed E-state index contributed by atoms with van der Waals surface area (Å²) in [6.45, 7) is 6.77. The maximum absolute atomic E-state index is 10.2. The van der Waals surface area contributed by atoms with Gasteiger partial charge in [-0.3, -0.25) is 0 Å². The quantitative estimate of drug-likeness (QED) is 0.524. The van der Waals surface area contributed by atoms with Crippen molar-refractivity contribution in [1.82, 2.24) is 0 Å². The van der Waals surface area contributed by atoms with Crippen LogP contribution in [0.15, 0.2) is 28.6 Å². The topological polar surface area (TPSA) is 55.5 Å². The van der Waals surface area contributed by atoms with Gasteiger partial charge >= 0.3 is 0 Å². The van der Waals surface area contributed by atoms with E-state index in [9.17, 15) is 4.91 Å². The molecule has 0 aromatic heterocycles. The van der Waals surface area contributed by atoms with Crippen molar-refractivity contribution in [3.63, 3.8) is 0 Å². The van der Waals surface area contributed by atoms with Crippen LogP contribution >= 0.6 is 0 Å². The third-order valence-electron chi connectivity index (χ3n) is 2.14. The summed E-state index contributed by atoms with van der Waals surface area (Å²) in [5.74, 6) is 0.349. The highest BCUT2D eigenvalue weighted by Crippen LogP contribution is 2.17. The van der Waals surface area contributed by atoms with Crippen molar-refractivity contribution in [3.8, 4) is 0 Å². The predicted octanol–water partition coefficient (Wildman–Crippen LogP) is 2.98. The van der Waals surface area contributed by atoms with Crippen LogP contribution < -0.4 is 5.73 Å². The molecular weight excluding hydrogens is 176 g/mol. The Kier molecular flexibility index (Phi) is 6.93. The first-order valence-corrected chi connectivity index (χ1v) is 5.06. The lowest BCUT2D eigenvalue weighted by Gasteiger charge is -2.08. The fraction of sp³-hybridized carbons (Fsp3) is 0.636. The molecule has 0 aromatic rings. The van der Waals surface area contributed by atoms with E-state index in [2.05, 4.69) is 25.1 Å². The van der Waals surface area contributed by atoms with Gasteiger partial charge < -0.3 is 5.73 Å². The normalized spacial score (nSPS) is 15.4. The smallest absolute Gasteiger partial charge is 0.0749 e. The zero-order valence-electron chi connectivity index (χ0n) is 9.29. The molecule has 2 N–H and O–H groups in total. The average Bonchev–Trinajstić information content (AvgIpc) is 2.17. The summed E-state index contributed by atoms with van der Waals surface area (Å²) < 4.78 is 0. The van der Waals surface area contributed by atoms with E-state index >= 15 is 0 Å². The lowest BCUT2D eigenvalue weighted by Crippen LogP contribution is -2.08. The summed E-state index contributed by atoms with van der Waals surface area (Å²) in [6, 6.07) is 0. The standard InChI is InChI=1S/C11H20N2O/c1-4-5-11(8-13-14)10(3)6-9(2)7-12/h6,8-9H,4-5,7,12H2,1-3H3/b10-6-,11-8+. The molecule has 0 aliphatic heterocycles. The fourth-order valence-electron chi connectivity index (χ4n) is 1.30. The van der Waals surface area contributed by atoms with E-state index in [1.807, 2.05) is 6.92 Å². The van der Waals surface area contributed by atoms with Crippen molar-refractivity contribution in [2.24, 2.45) is 16.8 Å². The van der Waals surface area contributed by atoms with Gasteiger partial charge in [-0.25, -0.2) is 0 Å². The first-order valence-electron chi connectivity index (χ1n) is 5.06. The average molecular weight is 196 g/mol. The number of nitrogens with zero attached hydrogens (tertiary/aromatic N) is 1. The Morgan fingerprint density at radius 3 is 2.64 bits per heavy atom. The molecule has 0 saturated heterocycles. The van der Waals surface area contributed by atoms with Crippen molar-refractivity contribution in [3.05, 3.63) is 28.3 Å². The number of rotatable bonds is 6. The molecule has 0 rings (SSSR count). The minimum absolute atomic E-state index is 0.349. The van der Waals surface area contributed by atoms with Crippen LogP contribution in [-0.4, -0.2) is 6.54 Å². The molecule has 3 nitrogen and oxygen atoms in total. The minimum Gasteiger partial charge on any atom is -0.330 e. The fourth-order valence-corrected chi connectivity index (χ4v) is 1.30. The van der Waals surface area contributed by atoms with Crippen molar-refractivity contribution in [2.45, 2.75) is 33.6 Å². The molecule has 0 aliphatic rings. The molecule has 1 atom stereocenters. The highest BCUT2D eigenvalue weighted by Gasteiger charge is 2.01. The van der Waals surface area contributed by atoms with Crippen LogP contribution in [0.4, 0.5) is 0 Å². The summed E-state index contributed by atoms with van der Waals surface area (Å²) in [5, 5.41) is 2.82. The third-order valence-corrected chi connectivity index (χ3v) is 2.14. The third kappa shape index (κ3) is 4.92. The minimum atomic E-state index is 0.349. The van der Waals surface area contributed by atoms with Gasteiger partial charge in [-0.2, -0.15) is 0 Å². The summed E-state index contributed by atoms with van der Waals surface area (Å²) in [7, 11) is 0. The highest BCUT2D eigenvalue weighted by atomic mass is 16.2. The lowest BCUT2D eigenvalue weighted by atomic mass is 10.00. The van der Waals surface area contributed by atoms with E-state index < -0.39 is 0 Å². The van der Waals surface area contributed by atoms with Crippen LogP contribution in [0.3, 0.4) is 0 Å². The summed E-state index contributed by atoms with van der Waals surface area (Å²) in [5.41, 5.74) is 7.65. The van der Waals surface area contributed by atoms with Gasteiger partial charge in [-0.1, -0.05) is 26.3 Å². The number of nitroso groups, excluding NO2 is 1. The Hall–Kier alpha value is -0.960. The number of allylic oxidation sites excluding steroid dienone is 2. The Labute approximate surface area is 86.0 Å². The number of hydrogen-bond donors (Lipinski definition) is 1. The molecule has 0 bridgehead atoms. The van der Waals surface area contributed by atoms with Gasteiger partial charge in [0.25, 0.3) is 0 Å². The molecule has 0 heterocycles. The van der Waals surface area contributed by atoms with E-state index in [4.69, 9.17) is 5.73 Å². The van der Waals surface area contributed by atoms with Crippen molar-refractivity contribution < 1.29 is 0 Å². The van der Waals surface area contributed by atoms with Crippen LogP contribution in [0, 0.1) is 10.8 Å². The lowest BCUT2D eigenvalue weighted by molar-refractivity contribution is 0.732. The zero-order chi connectivity index (χ0) is 11.0. The highest BCUT2D eigenvalue weighted by molar-refractivity contribution is 5.29. The first-order chi connectivity index (χ1) is 6.65. The molecule has 14 heavy (non-hydrogen) atoms. The molecule has 0 aliphatic carbocycles. The molecule has 0 saturated carbocycles. The summed E-state index contributed by atoms with van der Waals surface area (Å²) >= 11 is 0. The van der Waals surface area contributed by atoms with E-state index in [0.717, 1.165) is 24.0 Å². The van der Waals surface area contributed by atoms with Gasteiger partial charge in [0, 0.05) is 0 Å². The van der Waals surface area contributed by atoms with E-state index in [1.54, 1.807) is 0 Å². The van der Waals surface area contributed by atoms with Gasteiger partial charge in [0.1, 0.15) is 0 Å². The predicted molar refractivity (Wildman–Crippen MR) is 60.8 cm³/mol. The second-order valence-electron chi connectivity index (χ2n) is 3.57. The monoisotopic (exact) mass is 196 g/mol. The van der Waals surface area contributed by atoms with Crippen LogP contribution in [-0.2, 0) is 0 Å². The Morgan fingerprint density at radius 1 is 1.57 bits per heavy atom. The maximum atomic E-state index is 10.2. The SMILES string of the molecule is CCCC(=C\N=O)/C(C)=C\C(C)CN. The largest absolute Gasteiger partial charge is 0.330 e. The van der Waals surface area contributed by atoms with Crippen LogP contribution in [0.25, 0.3) is 0 Å². The zero-order valence-corrected chi connectivity index (χ0v) is 9.29. The molecule has 0 spiro atoms.